The fourth-order valence-electron chi connectivity index (χ4n) is 3.23. The number of hydrogen-bond acceptors (Lipinski definition) is 5. The van der Waals surface area contributed by atoms with Gasteiger partial charge in [-0.1, -0.05) is 18.2 Å². The van der Waals surface area contributed by atoms with Gasteiger partial charge in [0.2, 0.25) is 10.0 Å². The van der Waals surface area contributed by atoms with Crippen molar-refractivity contribution in [1.29, 1.82) is 0 Å². The Hall–Kier alpha value is -2.55. The van der Waals surface area contributed by atoms with Gasteiger partial charge in [0.25, 0.3) is 0 Å². The fraction of sp³-hybridized carbons (Fsp3) is 0.263. The number of benzene rings is 1. The van der Waals surface area contributed by atoms with Crippen molar-refractivity contribution >= 4 is 10.0 Å². The lowest BCUT2D eigenvalue weighted by atomic mass is 10.1. The van der Waals surface area contributed by atoms with E-state index in [0.29, 0.717) is 13.2 Å². The minimum absolute atomic E-state index is 0.268. The van der Waals surface area contributed by atoms with Gasteiger partial charge in [-0.3, -0.25) is 9.67 Å². The van der Waals surface area contributed by atoms with Crippen molar-refractivity contribution in [1.82, 2.24) is 19.1 Å². The molecule has 3 heterocycles. The van der Waals surface area contributed by atoms with Gasteiger partial charge < -0.3 is 4.74 Å². The van der Waals surface area contributed by atoms with E-state index in [-0.39, 0.29) is 17.5 Å². The number of pyridine rings is 1. The van der Waals surface area contributed by atoms with Gasteiger partial charge in [-0.05, 0) is 24.3 Å². The van der Waals surface area contributed by atoms with Crippen LogP contribution in [0, 0.1) is 0 Å². The Morgan fingerprint density at radius 3 is 2.78 bits per heavy atom. The molecule has 0 spiro atoms. The van der Waals surface area contributed by atoms with Gasteiger partial charge in [0, 0.05) is 49.9 Å². The van der Waals surface area contributed by atoms with Crippen molar-refractivity contribution < 1.29 is 13.2 Å². The molecule has 8 heteroatoms. The maximum atomic E-state index is 13.2. The summed E-state index contributed by atoms with van der Waals surface area (Å²) in [5.74, 6) is 0. The monoisotopic (exact) mass is 384 g/mol. The average Bonchev–Trinajstić information content (AvgIpc) is 3.15. The van der Waals surface area contributed by atoms with Gasteiger partial charge in [-0.25, -0.2) is 8.42 Å². The molecule has 1 fully saturated rings. The van der Waals surface area contributed by atoms with Crippen LogP contribution >= 0.6 is 0 Å². The predicted octanol–water partition coefficient (Wildman–Crippen LogP) is 2.24. The zero-order valence-electron chi connectivity index (χ0n) is 14.9. The van der Waals surface area contributed by atoms with Crippen LogP contribution < -0.4 is 0 Å². The molecule has 1 aliphatic heterocycles. The molecule has 0 amide bonds. The molecule has 0 aliphatic carbocycles. The minimum atomic E-state index is -3.63. The zero-order valence-corrected chi connectivity index (χ0v) is 15.7. The SMILES string of the molecule is Cn1nccc1-c1cccc(S(=O)(=O)N2CCOC(c3cccnc3)C2)c1. The molecule has 0 radical (unpaired) electrons. The van der Waals surface area contributed by atoms with E-state index >= 15 is 0 Å². The smallest absolute Gasteiger partial charge is 0.243 e. The highest BCUT2D eigenvalue weighted by Crippen LogP contribution is 2.28. The lowest BCUT2D eigenvalue weighted by Gasteiger charge is -2.32. The molecule has 27 heavy (non-hydrogen) atoms. The number of hydrogen-bond donors (Lipinski definition) is 0. The first-order valence-electron chi connectivity index (χ1n) is 8.66. The molecule has 0 bridgehead atoms. The zero-order chi connectivity index (χ0) is 18.9. The quantitative estimate of drug-likeness (QED) is 0.689. The van der Waals surface area contributed by atoms with Crippen LogP contribution in [0.1, 0.15) is 11.7 Å². The van der Waals surface area contributed by atoms with Crippen molar-refractivity contribution in [3.8, 4) is 11.3 Å². The first-order valence-corrected chi connectivity index (χ1v) is 10.1. The van der Waals surface area contributed by atoms with E-state index < -0.39 is 10.0 Å². The van der Waals surface area contributed by atoms with E-state index in [0.717, 1.165) is 16.8 Å². The summed E-state index contributed by atoms with van der Waals surface area (Å²) in [6, 6.07) is 12.5. The lowest BCUT2D eigenvalue weighted by molar-refractivity contribution is -0.00273. The van der Waals surface area contributed by atoms with Gasteiger partial charge in [-0.15, -0.1) is 0 Å². The van der Waals surface area contributed by atoms with Crippen LogP contribution in [0.2, 0.25) is 0 Å². The Kier molecular flexibility index (Phi) is 4.77. The summed E-state index contributed by atoms with van der Waals surface area (Å²) in [4.78, 5) is 4.37. The minimum Gasteiger partial charge on any atom is -0.371 e. The van der Waals surface area contributed by atoms with Crippen LogP contribution in [0.15, 0.2) is 66.0 Å². The summed E-state index contributed by atoms with van der Waals surface area (Å²) in [6.45, 7) is 0.944. The largest absolute Gasteiger partial charge is 0.371 e. The number of aromatic nitrogens is 3. The highest BCUT2D eigenvalue weighted by Gasteiger charge is 2.31. The normalized spacial score (nSPS) is 18.5. The molecule has 1 saturated heterocycles. The van der Waals surface area contributed by atoms with Crippen molar-refractivity contribution in [2.75, 3.05) is 19.7 Å². The number of aryl methyl sites for hydroxylation is 1. The molecule has 140 valence electrons. The van der Waals surface area contributed by atoms with E-state index in [9.17, 15) is 8.42 Å². The molecule has 1 unspecified atom stereocenters. The number of sulfonamides is 1. The van der Waals surface area contributed by atoms with Crippen molar-refractivity contribution in [3.63, 3.8) is 0 Å². The summed E-state index contributed by atoms with van der Waals surface area (Å²) < 4.78 is 35.4. The molecule has 1 aliphatic rings. The highest BCUT2D eigenvalue weighted by atomic mass is 32.2. The fourth-order valence-corrected chi connectivity index (χ4v) is 4.71. The Morgan fingerprint density at radius 2 is 2.04 bits per heavy atom. The van der Waals surface area contributed by atoms with Crippen LogP contribution in [0.3, 0.4) is 0 Å². The highest BCUT2D eigenvalue weighted by molar-refractivity contribution is 7.89. The van der Waals surface area contributed by atoms with Crippen LogP contribution in [-0.2, 0) is 21.8 Å². The van der Waals surface area contributed by atoms with Gasteiger partial charge >= 0.3 is 0 Å². The van der Waals surface area contributed by atoms with Crippen LogP contribution in [0.5, 0.6) is 0 Å². The number of nitrogens with zero attached hydrogens (tertiary/aromatic N) is 4. The summed E-state index contributed by atoms with van der Waals surface area (Å²) in [6.07, 6.45) is 4.77. The van der Waals surface area contributed by atoms with Gasteiger partial charge in [0.15, 0.2) is 0 Å². The maximum Gasteiger partial charge on any atom is 0.243 e. The van der Waals surface area contributed by atoms with Crippen molar-refractivity contribution in [3.05, 3.63) is 66.6 Å². The second kappa shape index (κ2) is 7.22. The first kappa shape index (κ1) is 17.8. The number of rotatable bonds is 4. The Balaban J connectivity index is 1.62. The van der Waals surface area contributed by atoms with Crippen molar-refractivity contribution in [2.45, 2.75) is 11.0 Å². The van der Waals surface area contributed by atoms with E-state index in [1.54, 1.807) is 41.5 Å². The maximum absolute atomic E-state index is 13.2. The van der Waals surface area contributed by atoms with Crippen LogP contribution in [0.25, 0.3) is 11.3 Å². The summed E-state index contributed by atoms with van der Waals surface area (Å²) >= 11 is 0. The summed E-state index contributed by atoms with van der Waals surface area (Å²) in [5.41, 5.74) is 2.55. The third kappa shape index (κ3) is 3.51. The Bertz CT molecular complexity index is 1030. The molecule has 1 atom stereocenters. The van der Waals surface area contributed by atoms with E-state index in [1.807, 2.05) is 31.3 Å². The van der Waals surface area contributed by atoms with Gasteiger partial charge in [0.1, 0.15) is 0 Å². The van der Waals surface area contributed by atoms with Gasteiger partial charge in [-0.2, -0.15) is 9.40 Å². The van der Waals surface area contributed by atoms with Gasteiger partial charge in [0.05, 0.1) is 23.3 Å². The second-order valence-corrected chi connectivity index (χ2v) is 8.31. The van der Waals surface area contributed by atoms with Crippen molar-refractivity contribution in [2.24, 2.45) is 7.05 Å². The van der Waals surface area contributed by atoms with E-state index in [2.05, 4.69) is 10.1 Å². The lowest BCUT2D eigenvalue weighted by Crippen LogP contribution is -2.42. The molecule has 4 rings (SSSR count). The third-order valence-electron chi connectivity index (χ3n) is 4.67. The topological polar surface area (TPSA) is 77.3 Å². The van der Waals surface area contributed by atoms with Crippen LogP contribution in [-0.4, -0.2) is 47.2 Å². The summed E-state index contributed by atoms with van der Waals surface area (Å²) in [5, 5.41) is 4.15. The Labute approximate surface area is 158 Å². The number of ether oxygens (including phenoxy) is 1. The standard InChI is InChI=1S/C19H20N4O3S/c1-22-18(7-9-21-22)15-4-2-6-17(12-15)27(24,25)23-10-11-26-19(14-23)16-5-3-8-20-13-16/h2-9,12-13,19H,10-11,14H2,1H3. The van der Waals surface area contributed by atoms with Crippen LogP contribution in [0.4, 0.5) is 0 Å². The number of morpholine rings is 1. The van der Waals surface area contributed by atoms with E-state index in [1.165, 1.54) is 4.31 Å². The molecule has 1 aromatic carbocycles. The summed E-state index contributed by atoms with van der Waals surface area (Å²) in [7, 11) is -1.80. The van der Waals surface area contributed by atoms with E-state index in [4.69, 9.17) is 4.74 Å². The molecule has 7 nitrogen and oxygen atoms in total. The predicted molar refractivity (Wildman–Crippen MR) is 100 cm³/mol. The molecule has 3 aromatic rings. The molecular weight excluding hydrogens is 364 g/mol. The molecule has 0 saturated carbocycles. The second-order valence-electron chi connectivity index (χ2n) is 6.38. The first-order chi connectivity index (χ1) is 13.1. The Morgan fingerprint density at radius 1 is 1.15 bits per heavy atom. The molecular formula is C19H20N4O3S. The average molecular weight is 384 g/mol. The molecule has 2 aromatic heterocycles. The molecule has 0 N–H and O–H groups in total. The third-order valence-corrected chi connectivity index (χ3v) is 6.54.